The van der Waals surface area contributed by atoms with Gasteiger partial charge in [0.05, 0.1) is 7.11 Å². The number of fused-ring (bicyclic) bond motifs is 1. The molecule has 0 amide bonds. The summed E-state index contributed by atoms with van der Waals surface area (Å²) < 4.78 is 19.5. The number of thioether (sulfide) groups is 1. The highest BCUT2D eigenvalue weighted by molar-refractivity contribution is 8.00. The molecule has 0 unspecified atom stereocenters. The van der Waals surface area contributed by atoms with E-state index in [2.05, 4.69) is 15.3 Å². The van der Waals surface area contributed by atoms with Crippen molar-refractivity contribution in [3.8, 4) is 11.4 Å². The molecule has 1 atom stereocenters. The van der Waals surface area contributed by atoms with Gasteiger partial charge in [-0.1, -0.05) is 18.7 Å². The number of aromatic nitrogens is 4. The third kappa shape index (κ3) is 3.23. The van der Waals surface area contributed by atoms with Crippen LogP contribution in [0.2, 0.25) is 0 Å². The lowest BCUT2D eigenvalue weighted by atomic mass is 10.2. The first-order valence-electron chi connectivity index (χ1n) is 7.35. The number of ether oxygens (including phenoxy) is 1. The van der Waals surface area contributed by atoms with Gasteiger partial charge in [-0.15, -0.1) is 10.2 Å². The van der Waals surface area contributed by atoms with Gasteiger partial charge >= 0.3 is 5.97 Å². The van der Waals surface area contributed by atoms with Crippen LogP contribution in [0.3, 0.4) is 0 Å². The molecular weight excluding hydrogens is 331 g/mol. The topological polar surface area (TPSA) is 69.4 Å². The van der Waals surface area contributed by atoms with Crippen molar-refractivity contribution in [3.63, 3.8) is 0 Å². The summed E-state index contributed by atoms with van der Waals surface area (Å²) in [4.78, 5) is 11.7. The van der Waals surface area contributed by atoms with Crippen LogP contribution in [0.1, 0.15) is 13.3 Å². The molecule has 0 aliphatic carbocycles. The monoisotopic (exact) mass is 346 g/mol. The van der Waals surface area contributed by atoms with E-state index in [0.717, 1.165) is 0 Å². The van der Waals surface area contributed by atoms with E-state index in [1.54, 1.807) is 28.8 Å². The van der Waals surface area contributed by atoms with E-state index in [1.807, 2.05) is 6.92 Å². The number of esters is 1. The second-order valence-electron chi connectivity index (χ2n) is 5.01. The second-order valence-corrected chi connectivity index (χ2v) is 6.23. The van der Waals surface area contributed by atoms with Crippen LogP contribution in [0.25, 0.3) is 17.0 Å². The SMILES string of the molecule is CC[C@@H](Sc1ccc2nnc(-c3ccc(F)cc3)n2n1)C(=O)OC. The molecule has 6 nitrogen and oxygen atoms in total. The van der Waals surface area contributed by atoms with Gasteiger partial charge in [-0.05, 0) is 42.8 Å². The van der Waals surface area contributed by atoms with Crippen LogP contribution in [0.4, 0.5) is 4.39 Å². The average molecular weight is 346 g/mol. The number of hydrogen-bond acceptors (Lipinski definition) is 6. The van der Waals surface area contributed by atoms with Gasteiger partial charge < -0.3 is 4.74 Å². The molecule has 0 saturated carbocycles. The third-order valence-corrected chi connectivity index (χ3v) is 4.71. The second kappa shape index (κ2) is 6.96. The lowest BCUT2D eigenvalue weighted by Crippen LogP contribution is -2.18. The Hall–Kier alpha value is -2.48. The molecule has 0 aliphatic heterocycles. The lowest BCUT2D eigenvalue weighted by molar-refractivity contribution is -0.140. The maximum Gasteiger partial charge on any atom is 0.319 e. The van der Waals surface area contributed by atoms with Gasteiger partial charge in [0.1, 0.15) is 16.1 Å². The van der Waals surface area contributed by atoms with Gasteiger partial charge in [0, 0.05) is 5.56 Å². The molecule has 0 radical (unpaired) electrons. The Labute approximate surface area is 142 Å². The van der Waals surface area contributed by atoms with Crippen molar-refractivity contribution in [2.45, 2.75) is 23.6 Å². The van der Waals surface area contributed by atoms with Crippen molar-refractivity contribution in [1.29, 1.82) is 0 Å². The Balaban J connectivity index is 1.96. The van der Waals surface area contributed by atoms with E-state index >= 15 is 0 Å². The zero-order valence-electron chi connectivity index (χ0n) is 13.1. The first-order chi connectivity index (χ1) is 11.6. The summed E-state index contributed by atoms with van der Waals surface area (Å²) in [5, 5.41) is 13.0. The Bertz CT molecular complexity index is 866. The molecule has 8 heteroatoms. The standard InChI is InChI=1S/C16H15FN4O2S/c1-3-12(16(22)23-2)24-14-9-8-13-18-19-15(21(13)20-14)10-4-6-11(17)7-5-10/h4-9,12H,3H2,1-2H3/t12-/m1/s1. The molecule has 3 aromatic rings. The molecule has 0 spiro atoms. The summed E-state index contributed by atoms with van der Waals surface area (Å²) in [6.07, 6.45) is 0.629. The molecule has 0 aliphatic rings. The fourth-order valence-corrected chi connectivity index (χ4v) is 3.12. The van der Waals surface area contributed by atoms with Gasteiger partial charge in [0.25, 0.3) is 0 Å². The molecule has 1 aromatic carbocycles. The molecule has 2 heterocycles. The minimum Gasteiger partial charge on any atom is -0.468 e. The fourth-order valence-electron chi connectivity index (χ4n) is 2.19. The van der Waals surface area contributed by atoms with Gasteiger partial charge in [-0.25, -0.2) is 4.39 Å². The fraction of sp³-hybridized carbons (Fsp3) is 0.250. The van der Waals surface area contributed by atoms with E-state index in [9.17, 15) is 9.18 Å². The first-order valence-corrected chi connectivity index (χ1v) is 8.23. The maximum absolute atomic E-state index is 13.1. The Morgan fingerprint density at radius 3 is 2.67 bits per heavy atom. The van der Waals surface area contributed by atoms with Crippen LogP contribution in [-0.4, -0.2) is 38.1 Å². The van der Waals surface area contributed by atoms with Crippen LogP contribution in [0, 0.1) is 5.82 Å². The molecule has 124 valence electrons. The number of benzene rings is 1. The van der Waals surface area contributed by atoms with Crippen LogP contribution in [0.15, 0.2) is 41.4 Å². The number of carbonyl (C=O) groups is 1. The summed E-state index contributed by atoms with van der Waals surface area (Å²) >= 11 is 1.32. The van der Waals surface area contributed by atoms with Crippen LogP contribution in [-0.2, 0) is 9.53 Å². The number of carbonyl (C=O) groups excluding carboxylic acids is 1. The minimum atomic E-state index is -0.328. The zero-order valence-corrected chi connectivity index (χ0v) is 14.0. The molecule has 24 heavy (non-hydrogen) atoms. The number of methoxy groups -OCH3 is 1. The first kappa shape index (κ1) is 16.4. The maximum atomic E-state index is 13.1. The summed E-state index contributed by atoms with van der Waals surface area (Å²) in [7, 11) is 1.37. The van der Waals surface area contributed by atoms with Crippen LogP contribution < -0.4 is 0 Å². The predicted molar refractivity (Wildman–Crippen MR) is 88.1 cm³/mol. The van der Waals surface area contributed by atoms with Crippen molar-refractivity contribution in [2.75, 3.05) is 7.11 Å². The van der Waals surface area contributed by atoms with Gasteiger partial charge in [0.15, 0.2) is 11.5 Å². The van der Waals surface area contributed by atoms with E-state index in [1.165, 1.54) is 31.0 Å². The molecule has 0 saturated heterocycles. The van der Waals surface area contributed by atoms with Crippen molar-refractivity contribution >= 4 is 23.4 Å². The van der Waals surface area contributed by atoms with Crippen molar-refractivity contribution in [2.24, 2.45) is 0 Å². The average Bonchev–Trinajstić information content (AvgIpc) is 3.03. The highest BCUT2D eigenvalue weighted by atomic mass is 32.2. The quantitative estimate of drug-likeness (QED) is 0.522. The molecule has 2 aromatic heterocycles. The highest BCUT2D eigenvalue weighted by Gasteiger charge is 2.20. The van der Waals surface area contributed by atoms with Crippen molar-refractivity contribution < 1.29 is 13.9 Å². The normalized spacial score (nSPS) is 12.3. The zero-order chi connectivity index (χ0) is 17.1. The van der Waals surface area contributed by atoms with E-state index in [0.29, 0.717) is 28.5 Å². The number of nitrogens with zero attached hydrogens (tertiary/aromatic N) is 4. The highest BCUT2D eigenvalue weighted by Crippen LogP contribution is 2.26. The summed E-state index contributed by atoms with van der Waals surface area (Å²) in [6.45, 7) is 1.91. The van der Waals surface area contributed by atoms with Gasteiger partial charge in [0.2, 0.25) is 0 Å². The van der Waals surface area contributed by atoms with Crippen molar-refractivity contribution in [3.05, 3.63) is 42.2 Å². The van der Waals surface area contributed by atoms with E-state index in [4.69, 9.17) is 4.74 Å². The van der Waals surface area contributed by atoms with Crippen molar-refractivity contribution in [1.82, 2.24) is 19.8 Å². The predicted octanol–water partition coefficient (Wildman–Crippen LogP) is 2.97. The van der Waals surface area contributed by atoms with Crippen LogP contribution in [0.5, 0.6) is 0 Å². The molecule has 0 N–H and O–H groups in total. The van der Waals surface area contributed by atoms with E-state index < -0.39 is 0 Å². The van der Waals surface area contributed by atoms with Gasteiger partial charge in [-0.3, -0.25) is 4.79 Å². The summed E-state index contributed by atoms with van der Waals surface area (Å²) in [5.74, 6) is -0.0916. The molecule has 0 fully saturated rings. The van der Waals surface area contributed by atoms with Crippen LogP contribution >= 0.6 is 11.8 Å². The Kier molecular flexibility index (Phi) is 4.75. The molecular formula is C16H15FN4O2S. The number of hydrogen-bond donors (Lipinski definition) is 0. The number of halogens is 1. The van der Waals surface area contributed by atoms with E-state index in [-0.39, 0.29) is 17.0 Å². The summed E-state index contributed by atoms with van der Waals surface area (Å²) in [5.41, 5.74) is 1.28. The Morgan fingerprint density at radius 1 is 1.25 bits per heavy atom. The smallest absolute Gasteiger partial charge is 0.319 e. The minimum absolute atomic E-state index is 0.285. The molecule has 0 bridgehead atoms. The Morgan fingerprint density at radius 2 is 2.00 bits per heavy atom. The third-order valence-electron chi connectivity index (χ3n) is 3.44. The summed E-state index contributed by atoms with van der Waals surface area (Å²) in [6, 6.07) is 9.53. The van der Waals surface area contributed by atoms with Gasteiger partial charge in [-0.2, -0.15) is 9.61 Å². The number of rotatable bonds is 5. The largest absolute Gasteiger partial charge is 0.468 e. The lowest BCUT2D eigenvalue weighted by Gasteiger charge is -2.11. The molecule has 3 rings (SSSR count).